The highest BCUT2D eigenvalue weighted by molar-refractivity contribution is 5.89. The number of carbonyl (C=O) groups is 1. The van der Waals surface area contributed by atoms with Gasteiger partial charge in [-0.05, 0) is 48.9 Å². The third kappa shape index (κ3) is 11.5. The Labute approximate surface area is 427 Å². The molecule has 4 aliphatic heterocycles. The minimum atomic E-state index is -2.11. The van der Waals surface area contributed by atoms with Gasteiger partial charge in [-0.25, -0.2) is 4.79 Å². The molecular formula is C48H56O28. The fourth-order valence-corrected chi connectivity index (χ4v) is 8.60. The molecule has 4 aliphatic rings. The molecule has 4 fully saturated rings. The SMILES string of the molecule is C[C@@H]1O[C@@H](Oc2c(-c3ccc(O)c(O)c3)oc3cc(O[C@@H]4O[C@H](CO)[C@@H](O)[C@H](O)[C@H]4O)cc(O)c3c2=O)[C@H](O[C@@H]2O[C@H](COC(=O)/C=C/c3ccc(O[C@@H]4O[C@H](CO)[C@@H](O)[C@H](O)[C@H]4O)cc3)[C@@H](O)[C@H](O)[C@H]2O)[C@H](O)[C@H]1O. The molecule has 20 atom stereocenters. The Morgan fingerprint density at radius 1 is 0.566 bits per heavy atom. The van der Waals surface area contributed by atoms with Crippen LogP contribution in [0.5, 0.6) is 34.5 Å². The second-order valence-corrected chi connectivity index (χ2v) is 18.2. The van der Waals surface area contributed by atoms with Crippen molar-refractivity contribution in [2.45, 2.75) is 130 Å². The Morgan fingerprint density at radius 3 is 1.72 bits per heavy atom. The van der Waals surface area contributed by atoms with Crippen molar-refractivity contribution in [1.29, 1.82) is 0 Å². The summed E-state index contributed by atoms with van der Waals surface area (Å²) in [6, 6.07) is 10.9. The van der Waals surface area contributed by atoms with Gasteiger partial charge in [0.1, 0.15) is 120 Å². The Morgan fingerprint density at radius 2 is 1.13 bits per heavy atom. The maximum absolute atomic E-state index is 14.5. The summed E-state index contributed by atoms with van der Waals surface area (Å²) in [4.78, 5) is 27.3. The van der Waals surface area contributed by atoms with Crippen LogP contribution in [0, 0.1) is 0 Å². The van der Waals surface area contributed by atoms with E-state index in [1.165, 1.54) is 43.3 Å². The lowest BCUT2D eigenvalue weighted by atomic mass is 9.97. The van der Waals surface area contributed by atoms with E-state index in [0.29, 0.717) is 5.56 Å². The second kappa shape index (κ2) is 23.4. The predicted molar refractivity (Wildman–Crippen MR) is 247 cm³/mol. The molecule has 0 radical (unpaired) electrons. The Kier molecular flexibility index (Phi) is 17.4. The van der Waals surface area contributed by atoms with Crippen LogP contribution in [0.3, 0.4) is 0 Å². The molecule has 4 saturated heterocycles. The lowest BCUT2D eigenvalue weighted by Crippen LogP contribution is -2.64. The molecular weight excluding hydrogens is 1020 g/mol. The Hall–Kier alpha value is -5.84. The van der Waals surface area contributed by atoms with E-state index >= 15 is 0 Å². The summed E-state index contributed by atoms with van der Waals surface area (Å²) in [5.41, 5.74) is -1.37. The van der Waals surface area contributed by atoms with Crippen LogP contribution < -0.4 is 19.6 Å². The quantitative estimate of drug-likeness (QED) is 0.0302. The normalized spacial score (nSPS) is 36.0. The highest BCUT2D eigenvalue weighted by Crippen LogP contribution is 2.41. The Bertz CT molecular complexity index is 2730. The van der Waals surface area contributed by atoms with Crippen molar-refractivity contribution in [3.05, 3.63) is 76.5 Å². The number of benzene rings is 3. The summed E-state index contributed by atoms with van der Waals surface area (Å²) in [6.07, 6.45) is -32.7. The van der Waals surface area contributed by atoms with E-state index in [0.717, 1.165) is 30.3 Å². The first kappa shape index (κ1) is 56.4. The number of phenolic OH excluding ortho intramolecular Hbond substituents is 3. The maximum atomic E-state index is 14.5. The van der Waals surface area contributed by atoms with Gasteiger partial charge in [0.15, 0.2) is 29.7 Å². The topological polar surface area (TPSA) is 454 Å². The number of aliphatic hydroxyl groups excluding tert-OH is 13. The largest absolute Gasteiger partial charge is 0.507 e. The zero-order valence-electron chi connectivity index (χ0n) is 39.6. The van der Waals surface area contributed by atoms with Crippen LogP contribution in [0.2, 0.25) is 0 Å². The molecule has 0 unspecified atom stereocenters. The number of carbonyl (C=O) groups excluding carboxylic acids is 1. The van der Waals surface area contributed by atoms with E-state index in [2.05, 4.69) is 0 Å². The molecule has 8 rings (SSSR count). The average molecular weight is 1080 g/mol. The highest BCUT2D eigenvalue weighted by atomic mass is 16.8. The van der Waals surface area contributed by atoms with Gasteiger partial charge in [-0.1, -0.05) is 12.1 Å². The van der Waals surface area contributed by atoms with Crippen molar-refractivity contribution in [2.75, 3.05) is 19.8 Å². The summed E-state index contributed by atoms with van der Waals surface area (Å²) in [5.74, 6) is -4.73. The minimum Gasteiger partial charge on any atom is -0.507 e. The molecule has 0 amide bonds. The zero-order chi connectivity index (χ0) is 55.0. The predicted octanol–water partition coefficient (Wildman–Crippen LogP) is -4.77. The van der Waals surface area contributed by atoms with Crippen molar-refractivity contribution in [3.8, 4) is 45.8 Å². The molecule has 4 aromatic rings. The molecule has 416 valence electrons. The van der Waals surface area contributed by atoms with E-state index in [9.17, 15) is 91.3 Å². The smallest absolute Gasteiger partial charge is 0.330 e. The lowest BCUT2D eigenvalue weighted by molar-refractivity contribution is -0.355. The summed E-state index contributed by atoms with van der Waals surface area (Å²) in [6.45, 7) is -0.933. The van der Waals surface area contributed by atoms with Crippen LogP contribution in [0.1, 0.15) is 12.5 Å². The number of aliphatic hydroxyl groups is 13. The lowest BCUT2D eigenvalue weighted by Gasteiger charge is -2.45. The van der Waals surface area contributed by atoms with Crippen molar-refractivity contribution >= 4 is 23.0 Å². The number of aromatic hydroxyl groups is 3. The number of hydrogen-bond donors (Lipinski definition) is 16. The summed E-state index contributed by atoms with van der Waals surface area (Å²) in [7, 11) is 0. The number of fused-ring (bicyclic) bond motifs is 1. The highest BCUT2D eigenvalue weighted by Gasteiger charge is 2.52. The zero-order valence-corrected chi connectivity index (χ0v) is 39.6. The monoisotopic (exact) mass is 1080 g/mol. The van der Waals surface area contributed by atoms with E-state index in [1.54, 1.807) is 0 Å². The van der Waals surface area contributed by atoms with Crippen LogP contribution in [0.4, 0.5) is 0 Å². The summed E-state index contributed by atoms with van der Waals surface area (Å²) in [5, 5.41) is 167. The van der Waals surface area contributed by atoms with Gasteiger partial charge in [0.05, 0.1) is 19.3 Å². The number of phenols is 3. The van der Waals surface area contributed by atoms with E-state index in [4.69, 9.17) is 47.0 Å². The van der Waals surface area contributed by atoms with Crippen molar-refractivity contribution in [2.24, 2.45) is 0 Å². The molecule has 28 nitrogen and oxygen atoms in total. The molecule has 3 aromatic carbocycles. The molecule has 28 heteroatoms. The number of hydrogen-bond acceptors (Lipinski definition) is 28. The molecule has 0 aliphatic carbocycles. The first-order valence-corrected chi connectivity index (χ1v) is 23.4. The van der Waals surface area contributed by atoms with Crippen LogP contribution in [0.25, 0.3) is 28.4 Å². The molecule has 16 N–H and O–H groups in total. The van der Waals surface area contributed by atoms with Crippen LogP contribution >= 0.6 is 0 Å². The first-order chi connectivity index (χ1) is 36.1. The fourth-order valence-electron chi connectivity index (χ4n) is 8.60. The molecule has 1 aromatic heterocycles. The first-order valence-electron chi connectivity index (χ1n) is 23.4. The Balaban J connectivity index is 0.995. The van der Waals surface area contributed by atoms with Gasteiger partial charge >= 0.3 is 5.97 Å². The van der Waals surface area contributed by atoms with E-state index in [1.807, 2.05) is 0 Å². The van der Waals surface area contributed by atoms with Crippen molar-refractivity contribution in [3.63, 3.8) is 0 Å². The van der Waals surface area contributed by atoms with Gasteiger partial charge in [-0.2, -0.15) is 0 Å². The maximum Gasteiger partial charge on any atom is 0.330 e. The van der Waals surface area contributed by atoms with E-state index in [-0.39, 0.29) is 17.1 Å². The van der Waals surface area contributed by atoms with Crippen LogP contribution in [-0.4, -0.2) is 230 Å². The summed E-state index contributed by atoms with van der Waals surface area (Å²) < 4.78 is 56.7. The molecule has 0 saturated carbocycles. The molecule has 5 heterocycles. The van der Waals surface area contributed by atoms with Crippen molar-refractivity contribution < 1.29 is 134 Å². The van der Waals surface area contributed by atoms with E-state index < -0.39 is 194 Å². The van der Waals surface area contributed by atoms with Gasteiger partial charge < -0.3 is 129 Å². The van der Waals surface area contributed by atoms with Gasteiger partial charge in [0, 0.05) is 23.8 Å². The summed E-state index contributed by atoms with van der Waals surface area (Å²) >= 11 is 0. The molecule has 0 spiro atoms. The number of esters is 1. The third-order valence-corrected chi connectivity index (χ3v) is 13.0. The van der Waals surface area contributed by atoms with Crippen LogP contribution in [0.15, 0.2) is 69.9 Å². The van der Waals surface area contributed by atoms with Gasteiger partial charge in [-0.15, -0.1) is 0 Å². The van der Waals surface area contributed by atoms with Gasteiger partial charge in [-0.3, -0.25) is 4.79 Å². The average Bonchev–Trinajstić information content (AvgIpc) is 3.42. The second-order valence-electron chi connectivity index (χ2n) is 18.2. The molecule has 76 heavy (non-hydrogen) atoms. The van der Waals surface area contributed by atoms with Gasteiger partial charge in [0.2, 0.25) is 30.0 Å². The third-order valence-electron chi connectivity index (χ3n) is 13.0. The standard InChI is InChI=1S/C48H56O28/c1-16-30(55)38(63)44(76-47-41(66)37(62)33(58)27(74-47)15-67-28(54)9-4-17-2-6-19(7-3-17)69-45-39(64)35(60)31(56)25(13-49)72-45)48(68-16)75-43-34(59)29-23(53)11-20(70-46-40(65)36(61)32(57)26(14-50)73-46)12-24(29)71-42(43)18-5-8-21(51)22(52)10-18/h2-12,16,25-27,30-33,35-41,44-53,55-58,60-66H,13-15H2,1H3/b9-4+/t16-,25+,26+,27+,30-,31+,32+,33+,35-,36-,37-,38+,39+,40+,41+,44+,45+,46+,47-,48-/m0/s1. The van der Waals surface area contributed by atoms with Gasteiger partial charge in [0.25, 0.3) is 0 Å². The van der Waals surface area contributed by atoms with Crippen LogP contribution in [-0.2, 0) is 33.2 Å². The minimum absolute atomic E-state index is 0.139. The molecule has 0 bridgehead atoms. The number of ether oxygens (including phenoxy) is 9. The fraction of sp³-hybridized carbons (Fsp3) is 0.500. The van der Waals surface area contributed by atoms with Crippen molar-refractivity contribution in [1.82, 2.24) is 0 Å². The number of rotatable bonds is 15.